The second kappa shape index (κ2) is 9.84. The summed E-state index contributed by atoms with van der Waals surface area (Å²) < 4.78 is 59.2. The van der Waals surface area contributed by atoms with Crippen LogP contribution in [0.2, 0.25) is 5.02 Å². The summed E-state index contributed by atoms with van der Waals surface area (Å²) in [6.07, 6.45) is 0.126. The fourth-order valence-corrected chi connectivity index (χ4v) is 3.81. The standard InChI is InChI=1S/C22H35ClN4O/c1-17-5-4-6-20(21(17)23)27-15-13-26(14-16-27)12-11-18-7-9-19(10-8-18)24-22(28)25(2)3/h4-6,18-19H,7-16H2,1-3H3,(H,24,28)/i4D,5D,6D,11D2,12D2. The van der Waals surface area contributed by atoms with Gasteiger partial charge in [-0.15, -0.1) is 0 Å². The first kappa shape index (κ1) is 13.7. The van der Waals surface area contributed by atoms with Crippen LogP contribution in [0.5, 0.6) is 0 Å². The van der Waals surface area contributed by atoms with Crippen LogP contribution in [0.25, 0.3) is 0 Å². The molecule has 1 heterocycles. The fourth-order valence-electron chi connectivity index (χ4n) is 3.60. The molecule has 0 spiro atoms. The van der Waals surface area contributed by atoms with Gasteiger partial charge in [0, 0.05) is 51.8 Å². The van der Waals surface area contributed by atoms with Crippen molar-refractivity contribution in [2.24, 2.45) is 5.92 Å². The molecule has 6 heteroatoms. The molecule has 0 bridgehead atoms. The van der Waals surface area contributed by atoms with E-state index in [1.807, 2.05) is 4.90 Å². The number of benzene rings is 1. The van der Waals surface area contributed by atoms with Crippen molar-refractivity contribution < 1.29 is 14.4 Å². The van der Waals surface area contributed by atoms with Crippen LogP contribution in [-0.2, 0) is 0 Å². The van der Waals surface area contributed by atoms with Gasteiger partial charge in [0.15, 0.2) is 0 Å². The van der Waals surface area contributed by atoms with Gasteiger partial charge in [0.25, 0.3) is 0 Å². The van der Waals surface area contributed by atoms with E-state index in [9.17, 15) is 4.79 Å². The zero-order valence-corrected chi connectivity index (χ0v) is 17.7. The summed E-state index contributed by atoms with van der Waals surface area (Å²) in [6.45, 7) is 0.604. The molecule has 5 nitrogen and oxygen atoms in total. The molecule has 2 fully saturated rings. The van der Waals surface area contributed by atoms with Gasteiger partial charge in [-0.3, -0.25) is 4.90 Å². The second-order valence-electron chi connectivity index (χ2n) is 7.79. The Morgan fingerprint density at radius 1 is 1.25 bits per heavy atom. The average molecular weight is 414 g/mol. The molecule has 156 valence electrons. The largest absolute Gasteiger partial charge is 0.368 e. The number of rotatable bonds is 5. The van der Waals surface area contributed by atoms with E-state index in [-0.39, 0.29) is 48.3 Å². The summed E-state index contributed by atoms with van der Waals surface area (Å²) in [5.74, 6) is -0.463. The zero-order chi connectivity index (χ0) is 26.3. The minimum atomic E-state index is -2.20. The first-order valence-corrected chi connectivity index (χ1v) is 10.3. The minimum Gasteiger partial charge on any atom is -0.368 e. The average Bonchev–Trinajstić information content (AvgIpc) is 2.82. The van der Waals surface area contributed by atoms with Gasteiger partial charge in [-0.05, 0) is 63.0 Å². The summed E-state index contributed by atoms with van der Waals surface area (Å²) in [4.78, 5) is 16.7. The molecular weight excluding hydrogens is 372 g/mol. The van der Waals surface area contributed by atoms with Gasteiger partial charge in [0.2, 0.25) is 0 Å². The number of carbonyl (C=O) groups is 1. The number of carbonyl (C=O) groups excluding carboxylic acids is 1. The molecule has 3 rings (SSSR count). The molecule has 1 aliphatic heterocycles. The van der Waals surface area contributed by atoms with Crippen molar-refractivity contribution in [1.82, 2.24) is 15.1 Å². The molecule has 1 N–H and O–H groups in total. The van der Waals surface area contributed by atoms with E-state index in [2.05, 4.69) is 5.32 Å². The fraction of sp³-hybridized carbons (Fsp3) is 0.682. The van der Waals surface area contributed by atoms with E-state index in [1.54, 1.807) is 21.0 Å². The Kier molecular flexibility index (Phi) is 4.82. The maximum Gasteiger partial charge on any atom is 0.317 e. The van der Waals surface area contributed by atoms with Crippen molar-refractivity contribution >= 4 is 23.3 Å². The third kappa shape index (κ3) is 5.54. The number of nitrogens with zero attached hydrogens (tertiary/aromatic N) is 3. The van der Waals surface area contributed by atoms with Crippen LogP contribution in [-0.4, -0.2) is 68.6 Å². The molecule has 2 amide bonds. The minimum absolute atomic E-state index is 0.0318. The Morgan fingerprint density at radius 2 is 1.93 bits per heavy atom. The molecule has 1 aromatic carbocycles. The van der Waals surface area contributed by atoms with Crippen molar-refractivity contribution in [1.29, 1.82) is 0 Å². The molecule has 0 atom stereocenters. The van der Waals surface area contributed by atoms with Crippen LogP contribution in [0.1, 0.15) is 47.2 Å². The van der Waals surface area contributed by atoms with Crippen molar-refractivity contribution in [3.63, 3.8) is 0 Å². The Bertz CT molecular complexity index is 917. The van der Waals surface area contributed by atoms with Gasteiger partial charge in [0.1, 0.15) is 0 Å². The predicted molar refractivity (Wildman–Crippen MR) is 117 cm³/mol. The Hall–Kier alpha value is -1.46. The lowest BCUT2D eigenvalue weighted by Crippen LogP contribution is -2.47. The van der Waals surface area contributed by atoms with Crippen molar-refractivity contribution in [2.75, 3.05) is 51.7 Å². The SMILES string of the molecule is [2H]c1c([2H])c(C)c(Cl)c(N2CCN(C([2H])([2H])C([2H])([2H])C3CCC(NC(=O)N(C)C)CC3)CC2)c1[2H]. The van der Waals surface area contributed by atoms with Crippen molar-refractivity contribution in [3.05, 3.63) is 28.7 Å². The lowest BCUT2D eigenvalue weighted by Gasteiger charge is -2.37. The molecule has 0 radical (unpaired) electrons. The van der Waals surface area contributed by atoms with E-state index in [1.165, 1.54) is 9.80 Å². The van der Waals surface area contributed by atoms with E-state index in [0.29, 0.717) is 50.0 Å². The Labute approximate surface area is 184 Å². The smallest absolute Gasteiger partial charge is 0.317 e. The number of amides is 2. The predicted octanol–water partition coefficient (Wildman–Crippen LogP) is 3.99. The van der Waals surface area contributed by atoms with Gasteiger partial charge in [-0.2, -0.15) is 0 Å². The van der Waals surface area contributed by atoms with Crippen LogP contribution < -0.4 is 10.2 Å². The molecule has 2 aliphatic rings. The summed E-state index contributed by atoms with van der Waals surface area (Å²) in [5.41, 5.74) is 0.820. The van der Waals surface area contributed by atoms with Gasteiger partial charge >= 0.3 is 6.03 Å². The third-order valence-electron chi connectivity index (χ3n) is 5.45. The van der Waals surface area contributed by atoms with Crippen LogP contribution in [0, 0.1) is 12.8 Å². The number of urea groups is 1. The number of hydrogen-bond acceptors (Lipinski definition) is 3. The highest BCUT2D eigenvalue weighted by molar-refractivity contribution is 6.34. The van der Waals surface area contributed by atoms with Gasteiger partial charge in [-0.25, -0.2) is 4.79 Å². The molecule has 1 aromatic rings. The molecular formula is C22H35ClN4O. The first-order valence-electron chi connectivity index (χ1n) is 13.4. The number of nitrogens with one attached hydrogen (secondary N) is 1. The maximum atomic E-state index is 11.9. The summed E-state index contributed by atoms with van der Waals surface area (Å²) in [5, 5.41) is 3.20. The lowest BCUT2D eigenvalue weighted by molar-refractivity contribution is 0.194. The van der Waals surface area contributed by atoms with E-state index < -0.39 is 18.8 Å². The lowest BCUT2D eigenvalue weighted by atomic mass is 9.84. The van der Waals surface area contributed by atoms with Crippen molar-refractivity contribution in [2.45, 2.75) is 45.0 Å². The number of piperazine rings is 1. The number of halogens is 1. The Balaban J connectivity index is 1.66. The highest BCUT2D eigenvalue weighted by atomic mass is 35.5. The maximum absolute atomic E-state index is 11.9. The van der Waals surface area contributed by atoms with E-state index in [4.69, 9.17) is 21.2 Å². The van der Waals surface area contributed by atoms with E-state index in [0.717, 1.165) is 0 Å². The normalized spacial score (nSPS) is 28.1. The molecule has 0 aromatic heterocycles. The quantitative estimate of drug-likeness (QED) is 0.793. The number of anilines is 1. The second-order valence-corrected chi connectivity index (χ2v) is 8.16. The van der Waals surface area contributed by atoms with Crippen LogP contribution in [0.4, 0.5) is 10.5 Å². The van der Waals surface area contributed by atoms with E-state index >= 15 is 0 Å². The first-order chi connectivity index (χ1) is 16.2. The van der Waals surface area contributed by atoms with Crippen LogP contribution >= 0.6 is 11.6 Å². The highest BCUT2D eigenvalue weighted by Gasteiger charge is 2.24. The molecule has 1 saturated heterocycles. The van der Waals surface area contributed by atoms with Crippen LogP contribution in [0.3, 0.4) is 0 Å². The monoisotopic (exact) mass is 413 g/mol. The number of hydrogen-bond donors (Lipinski definition) is 1. The highest BCUT2D eigenvalue weighted by Crippen LogP contribution is 2.30. The summed E-state index contributed by atoms with van der Waals surface area (Å²) in [7, 11) is 3.34. The summed E-state index contributed by atoms with van der Waals surface area (Å²) in [6, 6.07) is -0.576. The zero-order valence-electron chi connectivity index (χ0n) is 23.9. The third-order valence-corrected chi connectivity index (χ3v) is 5.91. The van der Waals surface area contributed by atoms with Gasteiger partial charge < -0.3 is 15.1 Å². The molecule has 1 aliphatic carbocycles. The van der Waals surface area contributed by atoms with Crippen LogP contribution in [0.15, 0.2) is 18.1 Å². The molecule has 1 saturated carbocycles. The summed E-state index contributed by atoms with van der Waals surface area (Å²) >= 11 is 6.43. The Morgan fingerprint density at radius 3 is 2.57 bits per heavy atom. The molecule has 0 unspecified atom stereocenters. The van der Waals surface area contributed by atoms with Gasteiger partial charge in [0.05, 0.1) is 14.8 Å². The van der Waals surface area contributed by atoms with Crippen molar-refractivity contribution in [3.8, 4) is 0 Å². The van der Waals surface area contributed by atoms with Gasteiger partial charge in [-0.1, -0.05) is 23.7 Å². The molecule has 28 heavy (non-hydrogen) atoms. The topological polar surface area (TPSA) is 38.8 Å².